The van der Waals surface area contributed by atoms with Crippen molar-refractivity contribution in [2.45, 2.75) is 19.4 Å². The number of rotatable bonds is 5. The molecule has 1 aromatic rings. The van der Waals surface area contributed by atoms with Gasteiger partial charge in [-0.3, -0.25) is 0 Å². The molecule has 2 nitrogen and oxygen atoms in total. The minimum absolute atomic E-state index is 0.00169. The lowest BCUT2D eigenvalue weighted by Gasteiger charge is -2.12. The van der Waals surface area contributed by atoms with Gasteiger partial charge in [-0.1, -0.05) is 17.2 Å². The number of nitrogens with two attached hydrogens (primary N) is 1. The van der Waals surface area contributed by atoms with Crippen LogP contribution in [-0.4, -0.2) is 12.6 Å². The molecule has 0 spiro atoms. The van der Waals surface area contributed by atoms with Crippen LogP contribution >= 0.6 is 11.6 Å². The molecule has 0 bridgehead atoms. The summed E-state index contributed by atoms with van der Waals surface area (Å²) in [5.41, 5.74) is 6.91. The third-order valence-corrected chi connectivity index (χ3v) is 2.14. The first-order valence-electron chi connectivity index (χ1n) is 4.86. The molecule has 0 saturated heterocycles. The smallest absolute Gasteiger partial charge is 0.119 e. The largest absolute Gasteiger partial charge is 0.492 e. The van der Waals surface area contributed by atoms with Crippen LogP contribution in [0.1, 0.15) is 13.3 Å². The van der Waals surface area contributed by atoms with Gasteiger partial charge in [0.05, 0.1) is 0 Å². The summed E-state index contributed by atoms with van der Waals surface area (Å²) >= 11 is 5.75. The predicted octanol–water partition coefficient (Wildman–Crippen LogP) is 3.01. The zero-order chi connectivity index (χ0) is 11.3. The molecule has 1 rings (SSSR count). The first-order chi connectivity index (χ1) is 7.08. The average molecular weight is 226 g/mol. The van der Waals surface area contributed by atoms with E-state index in [2.05, 4.69) is 6.58 Å². The van der Waals surface area contributed by atoms with E-state index in [1.165, 1.54) is 0 Å². The molecule has 3 heteroatoms. The van der Waals surface area contributed by atoms with Crippen molar-refractivity contribution in [1.82, 2.24) is 0 Å². The molecule has 0 aliphatic heterocycles. The fourth-order valence-electron chi connectivity index (χ4n) is 1.24. The normalized spacial score (nSPS) is 12.2. The van der Waals surface area contributed by atoms with E-state index in [0.717, 1.165) is 17.7 Å². The Balaban J connectivity index is 2.36. The summed E-state index contributed by atoms with van der Waals surface area (Å²) in [6.45, 7) is 6.26. The molecule has 0 radical (unpaired) electrons. The van der Waals surface area contributed by atoms with Gasteiger partial charge in [0.25, 0.3) is 0 Å². The molecule has 2 N–H and O–H groups in total. The van der Waals surface area contributed by atoms with Crippen LogP contribution in [0.2, 0.25) is 5.02 Å². The molecule has 1 aromatic carbocycles. The highest BCUT2D eigenvalue weighted by Crippen LogP contribution is 2.15. The van der Waals surface area contributed by atoms with E-state index in [1.54, 1.807) is 12.1 Å². The van der Waals surface area contributed by atoms with Crippen molar-refractivity contribution < 1.29 is 4.74 Å². The summed E-state index contributed by atoms with van der Waals surface area (Å²) < 4.78 is 5.50. The molecule has 0 saturated carbocycles. The van der Waals surface area contributed by atoms with Crippen molar-refractivity contribution in [2.75, 3.05) is 6.61 Å². The Bertz CT molecular complexity index is 321. The highest BCUT2D eigenvalue weighted by atomic mass is 35.5. The van der Waals surface area contributed by atoms with Gasteiger partial charge in [-0.2, -0.15) is 0 Å². The van der Waals surface area contributed by atoms with Crippen molar-refractivity contribution in [3.05, 3.63) is 41.4 Å². The van der Waals surface area contributed by atoms with Gasteiger partial charge in [0, 0.05) is 11.1 Å². The van der Waals surface area contributed by atoms with Crippen molar-refractivity contribution in [3.63, 3.8) is 0 Å². The van der Waals surface area contributed by atoms with Crippen molar-refractivity contribution in [1.29, 1.82) is 0 Å². The van der Waals surface area contributed by atoms with Gasteiger partial charge >= 0.3 is 0 Å². The Morgan fingerprint density at radius 3 is 2.60 bits per heavy atom. The Morgan fingerprint density at radius 1 is 1.47 bits per heavy atom. The number of benzene rings is 1. The van der Waals surface area contributed by atoms with Crippen LogP contribution in [0.15, 0.2) is 36.4 Å². The zero-order valence-corrected chi connectivity index (χ0v) is 9.63. The van der Waals surface area contributed by atoms with Crippen LogP contribution in [0.5, 0.6) is 5.75 Å². The molecule has 82 valence electrons. The maximum Gasteiger partial charge on any atom is 0.119 e. The number of hydrogen-bond acceptors (Lipinski definition) is 2. The minimum Gasteiger partial charge on any atom is -0.492 e. The first kappa shape index (κ1) is 12.1. The van der Waals surface area contributed by atoms with Gasteiger partial charge in [0.1, 0.15) is 12.4 Å². The van der Waals surface area contributed by atoms with E-state index in [-0.39, 0.29) is 6.04 Å². The second-order valence-electron chi connectivity index (χ2n) is 3.69. The van der Waals surface area contributed by atoms with Crippen LogP contribution < -0.4 is 10.5 Å². The molecule has 0 aliphatic rings. The second kappa shape index (κ2) is 5.79. The van der Waals surface area contributed by atoms with Crippen LogP contribution in [0.25, 0.3) is 0 Å². The fourth-order valence-corrected chi connectivity index (χ4v) is 1.37. The van der Waals surface area contributed by atoms with Crippen molar-refractivity contribution >= 4 is 11.6 Å². The van der Waals surface area contributed by atoms with Gasteiger partial charge in [0.2, 0.25) is 0 Å². The summed E-state index contributed by atoms with van der Waals surface area (Å²) in [6.07, 6.45) is 0.785. The molecule has 0 fully saturated rings. The lowest BCUT2D eigenvalue weighted by molar-refractivity contribution is 0.287. The second-order valence-corrected chi connectivity index (χ2v) is 4.12. The van der Waals surface area contributed by atoms with E-state index >= 15 is 0 Å². The summed E-state index contributed by atoms with van der Waals surface area (Å²) in [6, 6.07) is 7.24. The average Bonchev–Trinajstić information content (AvgIpc) is 2.16. The number of halogens is 1. The minimum atomic E-state index is -0.00169. The molecule has 15 heavy (non-hydrogen) atoms. The third kappa shape index (κ3) is 4.86. The summed E-state index contributed by atoms with van der Waals surface area (Å²) in [7, 11) is 0. The molecule has 1 atom stereocenters. The molecule has 0 aromatic heterocycles. The Morgan fingerprint density at radius 2 is 2.07 bits per heavy atom. The van der Waals surface area contributed by atoms with E-state index in [9.17, 15) is 0 Å². The highest BCUT2D eigenvalue weighted by molar-refractivity contribution is 6.30. The van der Waals surface area contributed by atoms with Crippen LogP contribution in [0, 0.1) is 0 Å². The Labute approximate surface area is 95.7 Å². The lowest BCUT2D eigenvalue weighted by Crippen LogP contribution is -2.27. The van der Waals surface area contributed by atoms with Gasteiger partial charge in [-0.15, -0.1) is 6.58 Å². The topological polar surface area (TPSA) is 35.2 Å². The van der Waals surface area contributed by atoms with E-state index in [4.69, 9.17) is 22.1 Å². The predicted molar refractivity (Wildman–Crippen MR) is 64.4 cm³/mol. The zero-order valence-electron chi connectivity index (χ0n) is 8.87. The van der Waals surface area contributed by atoms with Gasteiger partial charge < -0.3 is 10.5 Å². The highest BCUT2D eigenvalue weighted by Gasteiger charge is 2.03. The van der Waals surface area contributed by atoms with E-state index < -0.39 is 0 Å². The fraction of sp³-hybridized carbons (Fsp3) is 0.333. The summed E-state index contributed by atoms with van der Waals surface area (Å²) in [5, 5.41) is 0.702. The summed E-state index contributed by atoms with van der Waals surface area (Å²) in [5.74, 6) is 0.788. The van der Waals surface area contributed by atoms with E-state index in [1.807, 2.05) is 19.1 Å². The van der Waals surface area contributed by atoms with E-state index in [0.29, 0.717) is 11.6 Å². The molecule has 0 aliphatic carbocycles. The van der Waals surface area contributed by atoms with Gasteiger partial charge in [-0.05, 0) is 37.6 Å². The molecule has 0 amide bonds. The first-order valence-corrected chi connectivity index (χ1v) is 5.24. The summed E-state index contributed by atoms with van der Waals surface area (Å²) in [4.78, 5) is 0. The molecular formula is C12H16ClNO. The Hall–Kier alpha value is -0.990. The van der Waals surface area contributed by atoms with Gasteiger partial charge in [-0.25, -0.2) is 0 Å². The Kier molecular flexibility index (Phi) is 4.66. The molecule has 1 unspecified atom stereocenters. The molecule has 0 heterocycles. The van der Waals surface area contributed by atoms with Crippen molar-refractivity contribution in [3.8, 4) is 5.75 Å². The number of hydrogen-bond donors (Lipinski definition) is 1. The standard InChI is InChI=1S/C12H16ClNO/c1-9(2)7-11(14)8-15-12-5-3-10(13)4-6-12/h3-6,11H,1,7-8,14H2,2H3. The van der Waals surface area contributed by atoms with Crippen LogP contribution in [0.3, 0.4) is 0 Å². The third-order valence-electron chi connectivity index (χ3n) is 1.89. The monoisotopic (exact) mass is 225 g/mol. The van der Waals surface area contributed by atoms with Crippen LogP contribution in [-0.2, 0) is 0 Å². The molecular weight excluding hydrogens is 210 g/mol. The SMILES string of the molecule is C=C(C)CC(N)COc1ccc(Cl)cc1. The van der Waals surface area contributed by atoms with Gasteiger partial charge in [0.15, 0.2) is 0 Å². The van der Waals surface area contributed by atoms with Crippen molar-refractivity contribution in [2.24, 2.45) is 5.73 Å². The number of ether oxygens (including phenoxy) is 1. The quantitative estimate of drug-likeness (QED) is 0.782. The lowest BCUT2D eigenvalue weighted by atomic mass is 10.1. The van der Waals surface area contributed by atoms with Crippen LogP contribution in [0.4, 0.5) is 0 Å². The maximum absolute atomic E-state index is 5.84. The maximum atomic E-state index is 5.84.